The zero-order chi connectivity index (χ0) is 40.9. The molecular weight excluding hydrogens is 705 g/mol. The van der Waals surface area contributed by atoms with E-state index in [9.17, 15) is 19.2 Å². The van der Waals surface area contributed by atoms with Crippen LogP contribution in [0, 0.1) is 0 Å². The van der Waals surface area contributed by atoms with Gasteiger partial charge in [0.25, 0.3) is 0 Å². The first-order valence-electron chi connectivity index (χ1n) is 22.3. The van der Waals surface area contributed by atoms with Gasteiger partial charge in [0.05, 0.1) is 48.7 Å². The lowest BCUT2D eigenvalue weighted by Crippen LogP contribution is -2.15. The number of carbonyl (C=O) groups is 4. The first kappa shape index (κ1) is 50.3. The van der Waals surface area contributed by atoms with Crippen LogP contribution in [-0.2, 0) is 18.9 Å². The van der Waals surface area contributed by atoms with Crippen LogP contribution in [0.15, 0.2) is 48.5 Å². The minimum absolute atomic E-state index is 0.293. The van der Waals surface area contributed by atoms with Gasteiger partial charge in [0.2, 0.25) is 0 Å². The van der Waals surface area contributed by atoms with Gasteiger partial charge in [-0.15, -0.1) is 0 Å². The molecule has 0 atom stereocenters. The monoisotopic (exact) mass is 781 g/mol. The Balaban J connectivity index is 0.000000560. The van der Waals surface area contributed by atoms with E-state index >= 15 is 0 Å². The van der Waals surface area contributed by atoms with Crippen LogP contribution in [-0.4, -0.2) is 50.3 Å². The molecule has 2 aromatic carbocycles. The van der Waals surface area contributed by atoms with Crippen molar-refractivity contribution in [2.75, 3.05) is 26.4 Å². The van der Waals surface area contributed by atoms with Crippen LogP contribution in [0.25, 0.3) is 0 Å². The maximum absolute atomic E-state index is 12.4. The van der Waals surface area contributed by atoms with Crippen molar-refractivity contribution in [3.63, 3.8) is 0 Å². The molecule has 0 N–H and O–H groups in total. The Morgan fingerprint density at radius 1 is 0.321 bits per heavy atom. The Morgan fingerprint density at radius 2 is 0.554 bits per heavy atom. The van der Waals surface area contributed by atoms with Crippen molar-refractivity contribution in [2.45, 2.75) is 182 Å². The SMILES string of the molecule is CCCCCCCCOC(=O)c1ccc(C(=O)OCCCCCCCC)cc1.CCCCCCCCOC(=O)c1ccccc1C(=O)OCCCCCCCC. The molecule has 0 saturated heterocycles. The third-order valence-corrected chi connectivity index (χ3v) is 9.65. The molecule has 0 radical (unpaired) electrons. The normalized spacial score (nSPS) is 10.6. The van der Waals surface area contributed by atoms with Gasteiger partial charge in [-0.3, -0.25) is 0 Å². The molecule has 0 heterocycles. The highest BCUT2D eigenvalue weighted by atomic mass is 16.5. The first-order chi connectivity index (χ1) is 27.4. The molecule has 0 amide bonds. The molecule has 316 valence electrons. The second-order valence-corrected chi connectivity index (χ2v) is 14.7. The number of esters is 4. The van der Waals surface area contributed by atoms with Crippen LogP contribution in [0.3, 0.4) is 0 Å². The van der Waals surface area contributed by atoms with E-state index in [1.165, 1.54) is 103 Å². The number of hydrogen-bond donors (Lipinski definition) is 0. The standard InChI is InChI=1S/2C24H38O4/c1-3-5-7-9-11-15-19-27-23(25)21-17-13-14-18-22(21)24(26)28-20-16-12-10-8-6-4-2;1-3-5-7-9-11-13-19-27-23(25)21-15-17-22(18-16-21)24(26)28-20-14-12-10-8-6-4-2/h13-14,17-18H,3-12,15-16,19-20H2,1-2H3;15-18H,3-14,19-20H2,1-2H3. The Bertz CT molecular complexity index is 1190. The van der Waals surface area contributed by atoms with Gasteiger partial charge in [-0.1, -0.05) is 168 Å². The summed E-state index contributed by atoms with van der Waals surface area (Å²) in [5, 5.41) is 0. The van der Waals surface area contributed by atoms with Crippen molar-refractivity contribution >= 4 is 23.9 Å². The Morgan fingerprint density at radius 3 is 0.821 bits per heavy atom. The van der Waals surface area contributed by atoms with Crippen LogP contribution >= 0.6 is 0 Å². The molecule has 2 aromatic rings. The quantitative estimate of drug-likeness (QED) is 0.0410. The molecule has 0 aromatic heterocycles. The zero-order valence-corrected chi connectivity index (χ0v) is 35.7. The molecule has 8 nitrogen and oxygen atoms in total. The Kier molecular flexibility index (Phi) is 32.1. The smallest absolute Gasteiger partial charge is 0.339 e. The van der Waals surface area contributed by atoms with Gasteiger partial charge < -0.3 is 18.9 Å². The van der Waals surface area contributed by atoms with Crippen LogP contribution in [0.1, 0.15) is 223 Å². The summed E-state index contributed by atoms with van der Waals surface area (Å²) in [7, 11) is 0. The minimum Gasteiger partial charge on any atom is -0.462 e. The third-order valence-electron chi connectivity index (χ3n) is 9.65. The molecule has 0 aliphatic rings. The zero-order valence-electron chi connectivity index (χ0n) is 35.7. The van der Waals surface area contributed by atoms with Crippen LogP contribution in [0.4, 0.5) is 0 Å². The number of rotatable bonds is 32. The van der Waals surface area contributed by atoms with Crippen molar-refractivity contribution in [2.24, 2.45) is 0 Å². The highest BCUT2D eigenvalue weighted by molar-refractivity contribution is 6.03. The summed E-state index contributed by atoms with van der Waals surface area (Å²) in [4.78, 5) is 48.8. The Labute approximate surface area is 340 Å². The molecule has 0 bridgehead atoms. The molecule has 0 unspecified atom stereocenters. The molecule has 0 fully saturated rings. The lowest BCUT2D eigenvalue weighted by atomic mass is 10.1. The fourth-order valence-corrected chi connectivity index (χ4v) is 6.09. The minimum atomic E-state index is -0.444. The van der Waals surface area contributed by atoms with Gasteiger partial charge in [0.1, 0.15) is 0 Å². The average molecular weight is 781 g/mol. The van der Waals surface area contributed by atoms with Gasteiger partial charge in [0.15, 0.2) is 0 Å². The van der Waals surface area contributed by atoms with E-state index in [1.54, 1.807) is 48.5 Å². The number of ether oxygens (including phenoxy) is 4. The number of carbonyl (C=O) groups excluding carboxylic acids is 4. The summed E-state index contributed by atoms with van der Waals surface area (Å²) in [6.07, 6.45) is 27.5. The van der Waals surface area contributed by atoms with E-state index in [0.717, 1.165) is 51.4 Å². The highest BCUT2D eigenvalue weighted by Crippen LogP contribution is 2.15. The maximum Gasteiger partial charge on any atom is 0.339 e. The van der Waals surface area contributed by atoms with E-state index < -0.39 is 11.9 Å². The molecule has 0 saturated carbocycles. The largest absolute Gasteiger partial charge is 0.462 e. The number of benzene rings is 2. The fourth-order valence-electron chi connectivity index (χ4n) is 6.09. The predicted octanol–water partition coefficient (Wildman–Crippen LogP) is 13.4. The van der Waals surface area contributed by atoms with Gasteiger partial charge in [-0.05, 0) is 62.1 Å². The molecule has 56 heavy (non-hydrogen) atoms. The van der Waals surface area contributed by atoms with E-state index in [1.807, 2.05) is 0 Å². The molecule has 2 rings (SSSR count). The lowest BCUT2D eigenvalue weighted by molar-refractivity contribution is 0.0450. The summed E-state index contributed by atoms with van der Waals surface area (Å²) >= 11 is 0. The number of hydrogen-bond acceptors (Lipinski definition) is 8. The van der Waals surface area contributed by atoms with Crippen molar-refractivity contribution < 1.29 is 38.1 Å². The summed E-state index contributed by atoms with van der Waals surface area (Å²) in [6, 6.07) is 13.3. The molecule has 0 aliphatic carbocycles. The van der Waals surface area contributed by atoms with Crippen LogP contribution < -0.4 is 0 Å². The predicted molar refractivity (Wildman–Crippen MR) is 228 cm³/mol. The third kappa shape index (κ3) is 25.5. The van der Waals surface area contributed by atoms with Crippen molar-refractivity contribution in [1.82, 2.24) is 0 Å². The molecule has 8 heteroatoms. The second-order valence-electron chi connectivity index (χ2n) is 14.7. The van der Waals surface area contributed by atoms with Crippen LogP contribution in [0.5, 0.6) is 0 Å². The van der Waals surface area contributed by atoms with E-state index in [-0.39, 0.29) is 11.9 Å². The first-order valence-corrected chi connectivity index (χ1v) is 22.3. The highest BCUT2D eigenvalue weighted by Gasteiger charge is 2.19. The van der Waals surface area contributed by atoms with Gasteiger partial charge in [-0.2, -0.15) is 0 Å². The lowest BCUT2D eigenvalue weighted by Gasteiger charge is -2.10. The van der Waals surface area contributed by atoms with Crippen molar-refractivity contribution in [1.29, 1.82) is 0 Å². The summed E-state index contributed by atoms with van der Waals surface area (Å²) in [6.45, 7) is 10.5. The Hall–Kier alpha value is -3.68. The van der Waals surface area contributed by atoms with E-state index in [2.05, 4.69) is 27.7 Å². The van der Waals surface area contributed by atoms with Gasteiger partial charge in [-0.25, -0.2) is 19.2 Å². The maximum atomic E-state index is 12.4. The van der Waals surface area contributed by atoms with E-state index in [4.69, 9.17) is 18.9 Å². The summed E-state index contributed by atoms with van der Waals surface area (Å²) in [5.41, 5.74) is 1.53. The molecular formula is C48H76O8. The van der Waals surface area contributed by atoms with Gasteiger partial charge in [0, 0.05) is 0 Å². The topological polar surface area (TPSA) is 105 Å². The van der Waals surface area contributed by atoms with Gasteiger partial charge >= 0.3 is 23.9 Å². The molecule has 0 aliphatic heterocycles. The number of unbranched alkanes of at least 4 members (excludes halogenated alkanes) is 20. The van der Waals surface area contributed by atoms with E-state index in [0.29, 0.717) is 48.7 Å². The van der Waals surface area contributed by atoms with Crippen molar-refractivity contribution in [3.8, 4) is 0 Å². The van der Waals surface area contributed by atoms with Crippen LogP contribution in [0.2, 0.25) is 0 Å². The average Bonchev–Trinajstić information content (AvgIpc) is 3.22. The second kappa shape index (κ2) is 35.7. The van der Waals surface area contributed by atoms with Crippen molar-refractivity contribution in [3.05, 3.63) is 70.8 Å². The molecule has 0 spiro atoms. The summed E-state index contributed by atoms with van der Waals surface area (Å²) < 4.78 is 21.3. The summed E-state index contributed by atoms with van der Waals surface area (Å²) in [5.74, 6) is -1.55. The fraction of sp³-hybridized carbons (Fsp3) is 0.667.